The lowest BCUT2D eigenvalue weighted by atomic mass is 10.1. The van der Waals surface area contributed by atoms with Crippen molar-refractivity contribution < 1.29 is 14.4 Å². The summed E-state index contributed by atoms with van der Waals surface area (Å²) < 4.78 is 10.2. The van der Waals surface area contributed by atoms with Crippen LogP contribution in [0.4, 0.5) is 11.4 Å². The zero-order valence-corrected chi connectivity index (χ0v) is 12.1. The van der Waals surface area contributed by atoms with Crippen molar-refractivity contribution in [2.24, 2.45) is 0 Å². The third-order valence-corrected chi connectivity index (χ3v) is 2.90. The topological polar surface area (TPSA) is 73.6 Å². The summed E-state index contributed by atoms with van der Waals surface area (Å²) in [5, 5.41) is 14.1. The van der Waals surface area contributed by atoms with Gasteiger partial charge < -0.3 is 14.8 Å². The first-order valence-corrected chi connectivity index (χ1v) is 6.71. The van der Waals surface area contributed by atoms with Crippen molar-refractivity contribution in [2.45, 2.75) is 19.8 Å². The van der Waals surface area contributed by atoms with Crippen LogP contribution in [0.3, 0.4) is 0 Å². The van der Waals surface area contributed by atoms with Gasteiger partial charge in [0.15, 0.2) is 0 Å². The summed E-state index contributed by atoms with van der Waals surface area (Å²) in [5.74, 6) is 0. The van der Waals surface area contributed by atoms with Gasteiger partial charge >= 0.3 is 0 Å². The number of nitrogens with one attached hydrogen (secondary N) is 1. The molecule has 0 amide bonds. The minimum atomic E-state index is -0.358. The van der Waals surface area contributed by atoms with Gasteiger partial charge in [0.05, 0.1) is 18.1 Å². The molecule has 0 spiro atoms. The maximum absolute atomic E-state index is 10.9. The summed E-state index contributed by atoms with van der Waals surface area (Å²) in [5.41, 5.74) is 1.62. The van der Waals surface area contributed by atoms with E-state index in [1.165, 1.54) is 6.07 Å². The number of hydrogen-bond acceptors (Lipinski definition) is 5. The molecule has 0 unspecified atom stereocenters. The zero-order chi connectivity index (χ0) is 14.8. The van der Waals surface area contributed by atoms with Gasteiger partial charge in [-0.15, -0.1) is 0 Å². The molecule has 6 heteroatoms. The second kappa shape index (κ2) is 9.28. The number of para-hydroxylation sites is 1. The van der Waals surface area contributed by atoms with Crippen LogP contribution in [0.2, 0.25) is 0 Å². The highest BCUT2D eigenvalue weighted by Gasteiger charge is 2.14. The van der Waals surface area contributed by atoms with Crippen LogP contribution in [0.25, 0.3) is 0 Å². The molecule has 0 heterocycles. The van der Waals surface area contributed by atoms with Crippen molar-refractivity contribution in [3.05, 3.63) is 33.9 Å². The van der Waals surface area contributed by atoms with Crippen molar-refractivity contribution in [1.29, 1.82) is 0 Å². The Morgan fingerprint density at radius 2 is 2.05 bits per heavy atom. The van der Waals surface area contributed by atoms with E-state index in [1.54, 1.807) is 13.2 Å². The highest BCUT2D eigenvalue weighted by atomic mass is 16.6. The van der Waals surface area contributed by atoms with Crippen molar-refractivity contribution >= 4 is 11.4 Å². The first kappa shape index (κ1) is 16.4. The van der Waals surface area contributed by atoms with Crippen molar-refractivity contribution in [3.63, 3.8) is 0 Å². The van der Waals surface area contributed by atoms with Crippen LogP contribution < -0.4 is 5.32 Å². The summed E-state index contributed by atoms with van der Waals surface area (Å²) in [6.45, 7) is 4.45. The van der Waals surface area contributed by atoms with E-state index in [4.69, 9.17) is 9.47 Å². The van der Waals surface area contributed by atoms with Crippen LogP contribution in [-0.2, 0) is 9.47 Å². The van der Waals surface area contributed by atoms with E-state index in [0.717, 1.165) is 18.4 Å². The Bertz CT molecular complexity index is 424. The lowest BCUT2D eigenvalue weighted by Crippen LogP contribution is -2.08. The largest absolute Gasteiger partial charge is 0.382 e. The first-order chi connectivity index (χ1) is 9.66. The summed E-state index contributed by atoms with van der Waals surface area (Å²) in [6.07, 6.45) is 1.81. The fourth-order valence-electron chi connectivity index (χ4n) is 1.82. The highest BCUT2D eigenvalue weighted by molar-refractivity contribution is 5.65. The first-order valence-electron chi connectivity index (χ1n) is 6.71. The van der Waals surface area contributed by atoms with E-state index in [1.807, 2.05) is 13.0 Å². The molecule has 0 aromatic heterocycles. The summed E-state index contributed by atoms with van der Waals surface area (Å²) in [6, 6.07) is 5.08. The molecule has 0 saturated heterocycles. The monoisotopic (exact) mass is 282 g/mol. The van der Waals surface area contributed by atoms with E-state index < -0.39 is 0 Å². The summed E-state index contributed by atoms with van der Waals surface area (Å²) in [4.78, 5) is 10.6. The maximum atomic E-state index is 10.9. The van der Waals surface area contributed by atoms with Gasteiger partial charge in [-0.25, -0.2) is 0 Å². The smallest absolute Gasteiger partial charge is 0.292 e. The van der Waals surface area contributed by atoms with Gasteiger partial charge in [0.25, 0.3) is 5.69 Å². The molecule has 1 aromatic rings. The molecule has 0 saturated carbocycles. The SMILES string of the molecule is COCCOCCCCNc1c(C)cccc1[N+](=O)[O-]. The van der Waals surface area contributed by atoms with Crippen LogP contribution in [0.1, 0.15) is 18.4 Å². The second-order valence-electron chi connectivity index (χ2n) is 4.47. The number of nitro groups is 1. The lowest BCUT2D eigenvalue weighted by Gasteiger charge is -2.10. The minimum Gasteiger partial charge on any atom is -0.382 e. The Labute approximate surface area is 119 Å². The van der Waals surface area contributed by atoms with Gasteiger partial charge in [-0.1, -0.05) is 12.1 Å². The number of hydrogen-bond donors (Lipinski definition) is 1. The van der Waals surface area contributed by atoms with E-state index >= 15 is 0 Å². The molecule has 0 radical (unpaired) electrons. The average molecular weight is 282 g/mol. The second-order valence-corrected chi connectivity index (χ2v) is 4.47. The Morgan fingerprint density at radius 3 is 2.75 bits per heavy atom. The maximum Gasteiger partial charge on any atom is 0.292 e. The average Bonchev–Trinajstić information content (AvgIpc) is 2.43. The van der Waals surface area contributed by atoms with Crippen molar-refractivity contribution in [2.75, 3.05) is 38.8 Å². The number of nitro benzene ring substituents is 1. The quantitative estimate of drug-likeness (QED) is 0.406. The molecule has 0 fully saturated rings. The van der Waals surface area contributed by atoms with Crippen LogP contribution in [0, 0.1) is 17.0 Å². The van der Waals surface area contributed by atoms with Gasteiger partial charge in [-0.3, -0.25) is 10.1 Å². The minimum absolute atomic E-state index is 0.126. The third-order valence-electron chi connectivity index (χ3n) is 2.90. The summed E-state index contributed by atoms with van der Waals surface area (Å²) in [7, 11) is 1.64. The molecule has 0 aliphatic carbocycles. The molecule has 112 valence electrons. The van der Waals surface area contributed by atoms with Crippen LogP contribution >= 0.6 is 0 Å². The number of anilines is 1. The third kappa shape index (κ3) is 5.54. The van der Waals surface area contributed by atoms with Gasteiger partial charge in [-0.2, -0.15) is 0 Å². The number of benzene rings is 1. The van der Waals surface area contributed by atoms with E-state index in [2.05, 4.69) is 5.32 Å². The molecule has 0 atom stereocenters. The molecule has 20 heavy (non-hydrogen) atoms. The Kier molecular flexibility index (Phi) is 7.60. The van der Waals surface area contributed by atoms with Crippen LogP contribution in [0.15, 0.2) is 18.2 Å². The fourth-order valence-corrected chi connectivity index (χ4v) is 1.82. The normalized spacial score (nSPS) is 10.5. The van der Waals surface area contributed by atoms with Gasteiger partial charge in [0, 0.05) is 26.3 Å². The molecular weight excluding hydrogens is 260 g/mol. The van der Waals surface area contributed by atoms with E-state index in [9.17, 15) is 10.1 Å². The fraction of sp³-hybridized carbons (Fsp3) is 0.571. The van der Waals surface area contributed by atoms with Gasteiger partial charge in [0.2, 0.25) is 0 Å². The van der Waals surface area contributed by atoms with Crippen LogP contribution in [0.5, 0.6) is 0 Å². The summed E-state index contributed by atoms with van der Waals surface area (Å²) >= 11 is 0. The number of rotatable bonds is 10. The molecular formula is C14H22N2O4. The molecule has 0 bridgehead atoms. The number of aryl methyl sites for hydroxylation is 1. The molecule has 0 aliphatic rings. The molecule has 6 nitrogen and oxygen atoms in total. The van der Waals surface area contributed by atoms with Gasteiger partial charge in [0.1, 0.15) is 5.69 Å². The van der Waals surface area contributed by atoms with E-state index in [-0.39, 0.29) is 10.6 Å². The van der Waals surface area contributed by atoms with E-state index in [0.29, 0.717) is 32.1 Å². The van der Waals surface area contributed by atoms with Gasteiger partial charge in [-0.05, 0) is 25.3 Å². The van der Waals surface area contributed by atoms with Crippen LogP contribution in [-0.4, -0.2) is 38.4 Å². The molecule has 0 aliphatic heterocycles. The Balaban J connectivity index is 2.30. The Hall–Kier alpha value is -1.66. The van der Waals surface area contributed by atoms with Crippen molar-refractivity contribution in [3.8, 4) is 0 Å². The predicted molar refractivity (Wildman–Crippen MR) is 78.3 cm³/mol. The number of methoxy groups -OCH3 is 1. The van der Waals surface area contributed by atoms with Crippen molar-refractivity contribution in [1.82, 2.24) is 0 Å². The zero-order valence-electron chi connectivity index (χ0n) is 12.1. The number of nitrogens with zero attached hydrogens (tertiary/aromatic N) is 1. The number of unbranched alkanes of at least 4 members (excludes halogenated alkanes) is 1. The molecule has 1 aromatic carbocycles. The standard InChI is InChI=1S/C14H22N2O4/c1-12-6-5-7-13(16(17)18)14(12)15-8-3-4-9-20-11-10-19-2/h5-7,15H,3-4,8-11H2,1-2H3. The Morgan fingerprint density at radius 1 is 1.25 bits per heavy atom. The molecule has 1 N–H and O–H groups in total. The number of ether oxygens (including phenoxy) is 2. The predicted octanol–water partition coefficient (Wildman–Crippen LogP) is 2.76. The lowest BCUT2D eigenvalue weighted by molar-refractivity contribution is -0.384. The highest BCUT2D eigenvalue weighted by Crippen LogP contribution is 2.27. The molecule has 1 rings (SSSR count).